The van der Waals surface area contributed by atoms with Crippen LogP contribution in [-0.2, 0) is 47.2 Å². The van der Waals surface area contributed by atoms with Crippen LogP contribution in [0.3, 0.4) is 0 Å². The van der Waals surface area contributed by atoms with E-state index in [1.807, 2.05) is 43.7 Å². The summed E-state index contributed by atoms with van der Waals surface area (Å²) in [6.07, 6.45) is 6.87. The summed E-state index contributed by atoms with van der Waals surface area (Å²) < 4.78 is 22.5. The van der Waals surface area contributed by atoms with Gasteiger partial charge in [0.2, 0.25) is 0 Å². The fourth-order valence-electron chi connectivity index (χ4n) is 1.50. The minimum Gasteiger partial charge on any atom is 0 e. The summed E-state index contributed by atoms with van der Waals surface area (Å²) >= 11 is 0. The summed E-state index contributed by atoms with van der Waals surface area (Å²) in [7, 11) is 0. The zero-order chi connectivity index (χ0) is 19.4. The van der Waals surface area contributed by atoms with Crippen LogP contribution in [0.1, 0.15) is 19.4 Å². The van der Waals surface area contributed by atoms with Crippen molar-refractivity contribution in [2.45, 2.75) is 26.4 Å². The molecule has 0 spiro atoms. The van der Waals surface area contributed by atoms with Crippen LogP contribution in [0.15, 0.2) is 30.3 Å². The maximum Gasteiger partial charge on any atom is 0 e. The summed E-state index contributed by atoms with van der Waals surface area (Å²) in [5.74, 6) is -0.0110. The van der Waals surface area contributed by atoms with Gasteiger partial charge in [-0.2, -0.15) is 6.41 Å². The zero-order valence-electron chi connectivity index (χ0n) is 13.7. The predicted molar refractivity (Wildman–Crippen MR) is 82.5 cm³/mol. The zero-order valence-corrected chi connectivity index (χ0v) is 14.8. The summed E-state index contributed by atoms with van der Waals surface area (Å²) in [5.41, 5.74) is 1.05. The number of carbonyl (C=O) groups is 1. The standard InChI is InChI=1S/C15H17NO2.3CO.Fe/c1-13(7-6-8-14(2)18)16(12-17)11-15-9-4-3-5-10-15;3*1-2;/h3-10,13H,11H2,1-2H3;;;;/q-1;;;;/t13-;;;;/m0..../s1. The molecule has 6 nitrogen and oxygen atoms in total. The number of nitrogens with zero attached hydrogens (tertiary/aromatic N) is 1. The minimum absolute atomic E-state index is 0. The van der Waals surface area contributed by atoms with Crippen LogP contribution in [0.25, 0.3) is 0 Å². The fraction of sp³-hybridized carbons (Fsp3) is 0.222. The van der Waals surface area contributed by atoms with Gasteiger partial charge in [0, 0.05) is 36.1 Å². The molecule has 1 aromatic carbocycles. The number of ketones is 1. The number of carbonyl (C=O) groups excluding carboxylic acids is 2. The Hall–Kier alpha value is -1.90. The van der Waals surface area contributed by atoms with E-state index < -0.39 is 0 Å². The van der Waals surface area contributed by atoms with Crippen LogP contribution in [0.2, 0.25) is 0 Å². The van der Waals surface area contributed by atoms with Crippen LogP contribution in [0.5, 0.6) is 0 Å². The van der Waals surface area contributed by atoms with Gasteiger partial charge in [0.15, 0.2) is 0 Å². The second-order valence-corrected chi connectivity index (χ2v) is 4.11. The van der Waals surface area contributed by atoms with Gasteiger partial charge in [0.05, 0.1) is 0 Å². The van der Waals surface area contributed by atoms with Crippen LogP contribution in [0.4, 0.5) is 0 Å². The normalized spacial score (nSPS) is 8.80. The van der Waals surface area contributed by atoms with E-state index in [2.05, 4.69) is 20.0 Å². The minimum atomic E-state index is -0.0988. The number of benzene rings is 1. The molecule has 7 heteroatoms. The average molecular weight is 383 g/mol. The molecule has 0 aromatic heterocycles. The third-order valence-corrected chi connectivity index (χ3v) is 2.53. The van der Waals surface area contributed by atoms with Gasteiger partial charge in [-0.1, -0.05) is 30.3 Å². The molecule has 0 saturated heterocycles. The maximum absolute atomic E-state index is 10.9. The van der Waals surface area contributed by atoms with Gasteiger partial charge < -0.3 is 9.69 Å². The third-order valence-electron chi connectivity index (χ3n) is 2.53. The van der Waals surface area contributed by atoms with Crippen LogP contribution >= 0.6 is 0 Å². The molecule has 0 aliphatic heterocycles. The van der Waals surface area contributed by atoms with E-state index in [-0.39, 0.29) is 28.9 Å². The Bertz CT molecular complexity index is 485. The van der Waals surface area contributed by atoms with E-state index in [1.54, 1.807) is 17.7 Å². The second-order valence-electron chi connectivity index (χ2n) is 4.11. The van der Waals surface area contributed by atoms with Gasteiger partial charge in [-0.05, 0) is 32.3 Å². The Morgan fingerprint density at radius 1 is 1.16 bits per heavy atom. The quantitative estimate of drug-likeness (QED) is 0.297. The fourth-order valence-corrected chi connectivity index (χ4v) is 1.50. The van der Waals surface area contributed by atoms with E-state index in [1.165, 1.54) is 13.3 Å². The topological polar surface area (TPSA) is 97.1 Å². The molecule has 133 valence electrons. The Morgan fingerprint density at radius 2 is 1.64 bits per heavy atom. The number of hydrogen-bond donors (Lipinski definition) is 0. The van der Waals surface area contributed by atoms with Gasteiger partial charge >= 0.3 is 33.9 Å². The Kier molecular flexibility index (Phi) is 30.1. The molecule has 1 rings (SSSR count). The van der Waals surface area contributed by atoms with Crippen molar-refractivity contribution in [2.24, 2.45) is 0 Å². The number of amides is 1. The first-order valence-corrected chi connectivity index (χ1v) is 6.45. The van der Waals surface area contributed by atoms with Crippen molar-refractivity contribution in [1.82, 2.24) is 4.90 Å². The molecule has 1 aromatic rings. The summed E-state index contributed by atoms with van der Waals surface area (Å²) in [6.45, 7) is 17.4. The average Bonchev–Trinajstić information content (AvgIpc) is 2.65. The van der Waals surface area contributed by atoms with Crippen LogP contribution < -0.4 is 0 Å². The summed E-state index contributed by atoms with van der Waals surface area (Å²) in [5, 5.41) is 0. The van der Waals surface area contributed by atoms with Crippen molar-refractivity contribution in [3.8, 4) is 0 Å². The first-order chi connectivity index (χ1) is 11.6. The predicted octanol–water partition coefficient (Wildman–Crippen LogP) is 2.03. The van der Waals surface area contributed by atoms with Crippen LogP contribution in [-0.4, -0.2) is 23.1 Å². The van der Waals surface area contributed by atoms with Crippen LogP contribution in [0, 0.1) is 39.2 Å². The Labute approximate surface area is 159 Å². The monoisotopic (exact) mass is 383 g/mol. The Balaban J connectivity index is -0.000000284. The largest absolute Gasteiger partial charge is 0 e. The number of rotatable bonds is 8. The van der Waals surface area contributed by atoms with Crippen molar-refractivity contribution in [3.63, 3.8) is 0 Å². The van der Waals surface area contributed by atoms with Gasteiger partial charge in [-0.15, -0.1) is 0 Å². The first-order valence-electron chi connectivity index (χ1n) is 6.45. The van der Waals surface area contributed by atoms with Crippen molar-refractivity contribution >= 4 is 12.2 Å². The molecule has 0 N–H and O–H groups in total. The Morgan fingerprint density at radius 3 is 2.04 bits per heavy atom. The van der Waals surface area contributed by atoms with E-state index in [0.29, 0.717) is 6.54 Å². The molecular formula is C18H17FeNO5-. The molecule has 1 amide bonds. The molecule has 25 heavy (non-hydrogen) atoms. The molecular weight excluding hydrogens is 366 g/mol. The number of hydrogen-bond acceptors (Lipinski definition) is 2. The molecule has 3 radical (unpaired) electrons. The smallest absolute Gasteiger partial charge is 0 e. The third kappa shape index (κ3) is 18.3. The second kappa shape index (κ2) is 24.4. The van der Waals surface area contributed by atoms with Gasteiger partial charge in [-0.3, -0.25) is 4.79 Å². The van der Waals surface area contributed by atoms with Gasteiger partial charge in [0.25, 0.3) is 0 Å². The summed E-state index contributed by atoms with van der Waals surface area (Å²) in [4.78, 5) is 23.3. The number of Topliss-reactive ketones (excluding diaryl/α,β-unsaturated/α-hetero) is 1. The van der Waals surface area contributed by atoms with E-state index in [0.717, 1.165) is 5.56 Å². The molecule has 0 saturated carbocycles. The SMILES string of the molecule is CC(=O)[CH][CH][CH][C@H](C)N([C-]=O)Cc1ccccc1.[C-]#[O+].[C-]#[O+].[C-]#[O+].[Fe]. The van der Waals surface area contributed by atoms with E-state index in [4.69, 9.17) is 14.0 Å². The molecule has 0 aliphatic rings. The van der Waals surface area contributed by atoms with Crippen molar-refractivity contribution < 1.29 is 40.6 Å². The van der Waals surface area contributed by atoms with Crippen molar-refractivity contribution in [3.05, 3.63) is 75.1 Å². The van der Waals surface area contributed by atoms with Gasteiger partial charge in [-0.25, -0.2) is 0 Å². The molecule has 0 fully saturated rings. The van der Waals surface area contributed by atoms with Gasteiger partial charge in [0.1, 0.15) is 5.78 Å². The maximum atomic E-state index is 10.9. The molecule has 1 atom stereocenters. The molecule has 0 unspecified atom stereocenters. The summed E-state index contributed by atoms with van der Waals surface area (Å²) in [6, 6.07) is 9.62. The molecule has 0 aliphatic carbocycles. The van der Waals surface area contributed by atoms with Crippen molar-refractivity contribution in [2.75, 3.05) is 0 Å². The molecule has 0 heterocycles. The molecule has 0 bridgehead atoms. The van der Waals surface area contributed by atoms with Crippen molar-refractivity contribution in [1.29, 1.82) is 0 Å². The van der Waals surface area contributed by atoms with E-state index >= 15 is 0 Å². The first kappa shape index (κ1) is 30.9. The van der Waals surface area contributed by atoms with E-state index in [9.17, 15) is 9.59 Å².